The second-order valence-electron chi connectivity index (χ2n) is 15.3. The molecule has 2 atom stereocenters. The smallest absolute Gasteiger partial charge is 0.290 e. The SMILES string of the molecule is COc1cc2c(cc1N1CCN(C3CC(c4ccc([C@@H]5CCC(=O)NC5=O)cc4)C3)CC1)[nH]c1ncnc(-c3ccc([C@@H](C)c4nc(C(N)=O)no4)c(C)c3F)c12. The number of hydrogen-bond donors (Lipinski definition) is 3. The summed E-state index contributed by atoms with van der Waals surface area (Å²) in [5, 5.41) is 7.60. The number of aromatic nitrogens is 5. The molecule has 0 spiro atoms. The van der Waals surface area contributed by atoms with Crippen LogP contribution >= 0.6 is 0 Å². The Morgan fingerprint density at radius 2 is 1.79 bits per heavy atom. The van der Waals surface area contributed by atoms with Crippen molar-refractivity contribution in [3.05, 3.63) is 94.6 Å². The number of H-pyrrole nitrogens is 1. The lowest BCUT2D eigenvalue weighted by Crippen LogP contribution is -2.53. The largest absolute Gasteiger partial charge is 0.495 e. The van der Waals surface area contributed by atoms with E-state index in [0.717, 1.165) is 61.2 Å². The lowest BCUT2D eigenvalue weighted by Gasteiger charge is -2.47. The summed E-state index contributed by atoms with van der Waals surface area (Å²) in [5.41, 5.74) is 11.8. The summed E-state index contributed by atoms with van der Waals surface area (Å²) in [6.07, 6.45) is 4.57. The van der Waals surface area contributed by atoms with Crippen LogP contribution in [-0.4, -0.2) is 87.0 Å². The number of piperidine rings is 1. The number of piperazine rings is 1. The van der Waals surface area contributed by atoms with E-state index in [1.807, 2.05) is 18.2 Å². The highest BCUT2D eigenvalue weighted by Crippen LogP contribution is 2.43. The molecule has 0 unspecified atom stereocenters. The first-order chi connectivity index (χ1) is 27.6. The highest BCUT2D eigenvalue weighted by molar-refractivity contribution is 6.13. The van der Waals surface area contributed by atoms with Gasteiger partial charge in [0.15, 0.2) is 0 Å². The van der Waals surface area contributed by atoms with Crippen LogP contribution < -0.4 is 20.7 Å². The van der Waals surface area contributed by atoms with Gasteiger partial charge in [0.1, 0.15) is 23.5 Å². The van der Waals surface area contributed by atoms with E-state index in [0.29, 0.717) is 64.0 Å². The summed E-state index contributed by atoms with van der Waals surface area (Å²) in [6, 6.07) is 16.5. The van der Waals surface area contributed by atoms with Crippen LogP contribution in [0.25, 0.3) is 33.2 Å². The highest BCUT2D eigenvalue weighted by atomic mass is 19.1. The van der Waals surface area contributed by atoms with Crippen molar-refractivity contribution in [2.45, 2.75) is 63.3 Å². The number of nitrogens with zero attached hydrogens (tertiary/aromatic N) is 6. The van der Waals surface area contributed by atoms with Gasteiger partial charge in [-0.2, -0.15) is 4.98 Å². The first kappa shape index (κ1) is 36.4. The second kappa shape index (κ2) is 14.4. The van der Waals surface area contributed by atoms with Crippen LogP contribution in [0.3, 0.4) is 0 Å². The zero-order valence-electron chi connectivity index (χ0n) is 31.8. The van der Waals surface area contributed by atoms with Crippen LogP contribution in [0.5, 0.6) is 5.75 Å². The Morgan fingerprint density at radius 3 is 2.49 bits per heavy atom. The van der Waals surface area contributed by atoms with Crippen LogP contribution in [0.15, 0.2) is 59.4 Å². The Morgan fingerprint density at radius 1 is 1.04 bits per heavy atom. The molecule has 1 aliphatic carbocycles. The van der Waals surface area contributed by atoms with Crippen molar-refractivity contribution in [3.63, 3.8) is 0 Å². The molecule has 14 nitrogen and oxygen atoms in total. The normalized spacial score (nSPS) is 20.8. The quantitative estimate of drug-likeness (QED) is 0.159. The fourth-order valence-corrected chi connectivity index (χ4v) is 8.85. The maximum absolute atomic E-state index is 16.3. The van der Waals surface area contributed by atoms with Crippen LogP contribution in [-0.2, 0) is 9.59 Å². The second-order valence-corrected chi connectivity index (χ2v) is 15.3. The van der Waals surface area contributed by atoms with Crippen molar-refractivity contribution in [3.8, 4) is 17.0 Å². The average Bonchev–Trinajstić information content (AvgIpc) is 3.84. The average molecular weight is 772 g/mol. The molecule has 0 radical (unpaired) electrons. The number of rotatable bonds is 9. The van der Waals surface area contributed by atoms with Crippen molar-refractivity contribution >= 4 is 45.3 Å². The molecule has 2 aliphatic heterocycles. The maximum atomic E-state index is 16.3. The van der Waals surface area contributed by atoms with E-state index in [-0.39, 0.29) is 29.4 Å². The number of aromatic amines is 1. The summed E-state index contributed by atoms with van der Waals surface area (Å²) in [7, 11) is 1.66. The molecule has 292 valence electrons. The molecule has 3 amide bonds. The number of primary amides is 1. The number of benzene rings is 3. The predicted molar refractivity (Wildman–Crippen MR) is 210 cm³/mol. The number of fused-ring (bicyclic) bond motifs is 3. The van der Waals surface area contributed by atoms with E-state index in [1.54, 1.807) is 33.1 Å². The van der Waals surface area contributed by atoms with Gasteiger partial charge >= 0.3 is 0 Å². The number of amides is 3. The van der Waals surface area contributed by atoms with E-state index < -0.39 is 17.6 Å². The summed E-state index contributed by atoms with van der Waals surface area (Å²) < 4.78 is 27.5. The zero-order valence-corrected chi connectivity index (χ0v) is 31.8. The van der Waals surface area contributed by atoms with Gasteiger partial charge in [-0.1, -0.05) is 35.5 Å². The predicted octanol–water partition coefficient (Wildman–Crippen LogP) is 5.46. The minimum absolute atomic E-state index is 0.161. The number of nitrogens with one attached hydrogen (secondary N) is 2. The fourth-order valence-electron chi connectivity index (χ4n) is 8.85. The number of methoxy groups -OCH3 is 1. The molecule has 2 saturated heterocycles. The number of carbonyl (C=O) groups is 3. The number of imide groups is 1. The third-order valence-electron chi connectivity index (χ3n) is 12.2. The van der Waals surface area contributed by atoms with E-state index in [4.69, 9.17) is 15.0 Å². The molecule has 4 N–H and O–H groups in total. The third kappa shape index (κ3) is 6.45. The Bertz CT molecular complexity index is 2550. The number of carbonyl (C=O) groups excluding carboxylic acids is 3. The summed E-state index contributed by atoms with van der Waals surface area (Å²) >= 11 is 0. The number of halogens is 1. The molecule has 9 rings (SSSR count). The summed E-state index contributed by atoms with van der Waals surface area (Å²) in [6.45, 7) is 7.04. The lowest BCUT2D eigenvalue weighted by atomic mass is 9.74. The Hall–Kier alpha value is -6.22. The molecule has 3 fully saturated rings. The van der Waals surface area contributed by atoms with Crippen molar-refractivity contribution in [2.24, 2.45) is 5.73 Å². The molecular formula is C42H42FN9O5. The monoisotopic (exact) mass is 771 g/mol. The van der Waals surface area contributed by atoms with Gasteiger partial charge in [-0.15, -0.1) is 0 Å². The van der Waals surface area contributed by atoms with Crippen molar-refractivity contribution in [2.75, 3.05) is 38.2 Å². The minimum atomic E-state index is -0.803. The standard InChI is InChI=1S/C42H42FN9O5/c1-21-27(22(2)42-49-40(38(44)54)50-57-42)8-9-29(36(21)43)37-35-30-18-33(56-3)32(19-31(30)47-39(35)46-20-45-37)52-14-12-51(13-15-52)26-16-25(17-26)23-4-6-24(7-5-23)28-10-11-34(53)48-41(28)55/h4-9,18-20,22,25-26,28H,10-17H2,1-3H3,(H2,44,54)(H,45,46,47)(H,48,53,55)/t22-,25?,26?,28+/m1/s1. The van der Waals surface area contributed by atoms with E-state index >= 15 is 4.39 Å². The lowest BCUT2D eigenvalue weighted by molar-refractivity contribution is -0.134. The van der Waals surface area contributed by atoms with Crippen LogP contribution in [0.4, 0.5) is 10.1 Å². The van der Waals surface area contributed by atoms with Gasteiger partial charge in [-0.3, -0.25) is 24.6 Å². The molecule has 5 heterocycles. The highest BCUT2D eigenvalue weighted by Gasteiger charge is 2.37. The van der Waals surface area contributed by atoms with Crippen LogP contribution in [0, 0.1) is 12.7 Å². The number of ether oxygens (including phenoxy) is 1. The van der Waals surface area contributed by atoms with Crippen molar-refractivity contribution in [1.29, 1.82) is 0 Å². The van der Waals surface area contributed by atoms with E-state index in [1.165, 1.54) is 11.9 Å². The molecule has 3 aliphatic rings. The van der Waals surface area contributed by atoms with E-state index in [9.17, 15) is 14.4 Å². The molecule has 3 aromatic carbocycles. The maximum Gasteiger partial charge on any atom is 0.290 e. The molecule has 0 bridgehead atoms. The zero-order chi connectivity index (χ0) is 39.5. The first-order valence-corrected chi connectivity index (χ1v) is 19.3. The Kier molecular flexibility index (Phi) is 9.18. The Labute approximate surface area is 327 Å². The van der Waals surface area contributed by atoms with Gasteiger partial charge in [0.2, 0.25) is 17.7 Å². The third-order valence-corrected chi connectivity index (χ3v) is 12.2. The number of anilines is 1. The summed E-state index contributed by atoms with van der Waals surface area (Å²) in [5.74, 6) is -1.24. The van der Waals surface area contributed by atoms with Crippen LogP contribution in [0.2, 0.25) is 0 Å². The minimum Gasteiger partial charge on any atom is -0.495 e. The van der Waals surface area contributed by atoms with Gasteiger partial charge in [0, 0.05) is 49.6 Å². The molecular weight excluding hydrogens is 730 g/mol. The fraction of sp³-hybridized carbons (Fsp3) is 0.357. The van der Waals surface area contributed by atoms with Gasteiger partial charge in [0.25, 0.3) is 11.7 Å². The molecule has 1 saturated carbocycles. The van der Waals surface area contributed by atoms with Crippen LogP contribution in [0.1, 0.15) is 89.1 Å². The topological polar surface area (TPSA) is 185 Å². The molecule has 3 aromatic heterocycles. The summed E-state index contributed by atoms with van der Waals surface area (Å²) in [4.78, 5) is 56.9. The van der Waals surface area contributed by atoms with Crippen molar-refractivity contribution < 1.29 is 28.0 Å². The molecule has 15 heteroatoms. The number of nitrogens with two attached hydrogens (primary N) is 1. The van der Waals surface area contributed by atoms with Gasteiger partial charge in [-0.25, -0.2) is 14.4 Å². The van der Waals surface area contributed by atoms with Gasteiger partial charge in [0.05, 0.1) is 41.2 Å². The van der Waals surface area contributed by atoms with Crippen molar-refractivity contribution in [1.82, 2.24) is 35.3 Å². The molecule has 57 heavy (non-hydrogen) atoms. The van der Waals surface area contributed by atoms with E-state index in [2.05, 4.69) is 58.4 Å². The molecule has 6 aromatic rings. The Balaban J connectivity index is 0.897. The number of hydrogen-bond acceptors (Lipinski definition) is 11. The van der Waals surface area contributed by atoms with Gasteiger partial charge < -0.3 is 24.9 Å². The van der Waals surface area contributed by atoms with Gasteiger partial charge in [-0.05, 0) is 79.5 Å². The first-order valence-electron chi connectivity index (χ1n) is 19.3.